The van der Waals surface area contributed by atoms with Gasteiger partial charge in [-0.05, 0) is 18.9 Å². The van der Waals surface area contributed by atoms with Crippen molar-refractivity contribution in [2.45, 2.75) is 25.3 Å². The first-order chi connectivity index (χ1) is 9.50. The molecule has 1 aliphatic heterocycles. The summed E-state index contributed by atoms with van der Waals surface area (Å²) >= 11 is 0. The molecule has 1 aliphatic rings. The summed E-state index contributed by atoms with van der Waals surface area (Å²) in [5, 5.41) is 19.8. The number of likely N-dealkylation sites (tertiary alicyclic amines) is 1. The Bertz CT molecular complexity index is 557. The first-order valence-corrected chi connectivity index (χ1v) is 6.27. The van der Waals surface area contributed by atoms with Gasteiger partial charge in [-0.15, -0.1) is 0 Å². The maximum Gasteiger partial charge on any atom is 0.305 e. The van der Waals surface area contributed by atoms with Crippen molar-refractivity contribution in [3.8, 4) is 0 Å². The van der Waals surface area contributed by atoms with Crippen LogP contribution < -0.4 is 0 Å². The van der Waals surface area contributed by atoms with Crippen LogP contribution in [0.2, 0.25) is 0 Å². The monoisotopic (exact) mass is 278 g/mol. The third-order valence-electron chi connectivity index (χ3n) is 3.38. The summed E-state index contributed by atoms with van der Waals surface area (Å²) < 4.78 is 0. The topological polar surface area (TPSA) is 101 Å². The maximum atomic E-state index is 12.4. The highest BCUT2D eigenvalue weighted by atomic mass is 16.6. The minimum absolute atomic E-state index is 0.00906. The number of hydrogen-bond acceptors (Lipinski definition) is 4. The number of aliphatic carboxylic acids is 1. The average Bonchev–Trinajstić information content (AvgIpc) is 2.85. The summed E-state index contributed by atoms with van der Waals surface area (Å²) in [5.41, 5.74) is -0.242. The minimum Gasteiger partial charge on any atom is -0.481 e. The number of carboxylic acid groups (broad SMARTS) is 1. The van der Waals surface area contributed by atoms with Crippen LogP contribution in [0.4, 0.5) is 5.69 Å². The summed E-state index contributed by atoms with van der Waals surface area (Å²) in [6.07, 6.45) is 1.19. The van der Waals surface area contributed by atoms with Crippen molar-refractivity contribution in [1.29, 1.82) is 0 Å². The molecule has 2 rings (SSSR count). The quantitative estimate of drug-likeness (QED) is 0.667. The van der Waals surface area contributed by atoms with Crippen LogP contribution in [0, 0.1) is 10.1 Å². The summed E-state index contributed by atoms with van der Waals surface area (Å²) in [5.74, 6) is -1.45. The number of nitro groups is 1. The van der Waals surface area contributed by atoms with E-state index in [1.54, 1.807) is 6.07 Å². The second-order valence-corrected chi connectivity index (χ2v) is 4.67. The van der Waals surface area contributed by atoms with Crippen molar-refractivity contribution in [2.75, 3.05) is 6.54 Å². The third kappa shape index (κ3) is 2.76. The lowest BCUT2D eigenvalue weighted by atomic mass is 10.1. The fraction of sp³-hybridized carbons (Fsp3) is 0.385. The van der Waals surface area contributed by atoms with Crippen molar-refractivity contribution in [3.63, 3.8) is 0 Å². The van der Waals surface area contributed by atoms with Crippen molar-refractivity contribution < 1.29 is 19.6 Å². The molecule has 1 saturated heterocycles. The van der Waals surface area contributed by atoms with E-state index in [4.69, 9.17) is 5.11 Å². The lowest BCUT2D eigenvalue weighted by molar-refractivity contribution is -0.385. The molecule has 1 aromatic carbocycles. The lowest BCUT2D eigenvalue weighted by Crippen LogP contribution is -2.37. The Balaban J connectivity index is 2.27. The number of hydrogen-bond donors (Lipinski definition) is 1. The van der Waals surface area contributed by atoms with Gasteiger partial charge in [0.25, 0.3) is 11.6 Å². The lowest BCUT2D eigenvalue weighted by Gasteiger charge is -2.23. The Morgan fingerprint density at radius 3 is 2.75 bits per heavy atom. The fourth-order valence-corrected chi connectivity index (χ4v) is 2.49. The maximum absolute atomic E-state index is 12.4. The molecule has 0 bridgehead atoms. The van der Waals surface area contributed by atoms with Gasteiger partial charge in [0.2, 0.25) is 0 Å². The van der Waals surface area contributed by atoms with Crippen molar-refractivity contribution >= 4 is 17.6 Å². The minimum atomic E-state index is -0.975. The Morgan fingerprint density at radius 2 is 2.10 bits per heavy atom. The number of nitrogens with zero attached hydrogens (tertiary/aromatic N) is 2. The summed E-state index contributed by atoms with van der Waals surface area (Å²) in [7, 11) is 0. The molecule has 7 heteroatoms. The zero-order valence-corrected chi connectivity index (χ0v) is 10.7. The normalized spacial score (nSPS) is 18.0. The Labute approximate surface area is 115 Å². The standard InChI is InChI=1S/C13H14N2O5/c16-12(17)8-9-4-3-7-14(9)13(18)10-5-1-2-6-11(10)15(19)20/h1-2,5-6,9H,3-4,7-8H2,(H,16,17). The van der Waals surface area contributed by atoms with Gasteiger partial charge < -0.3 is 10.0 Å². The van der Waals surface area contributed by atoms with Crippen LogP contribution in [-0.4, -0.2) is 39.4 Å². The molecule has 1 atom stereocenters. The first-order valence-electron chi connectivity index (χ1n) is 6.27. The Kier molecular flexibility index (Phi) is 3.97. The van der Waals surface area contributed by atoms with E-state index in [0.717, 1.165) is 0 Å². The molecule has 0 aliphatic carbocycles. The van der Waals surface area contributed by atoms with E-state index in [1.807, 2.05) is 0 Å². The molecule has 0 radical (unpaired) electrons. The molecule has 1 N–H and O–H groups in total. The third-order valence-corrected chi connectivity index (χ3v) is 3.38. The van der Waals surface area contributed by atoms with E-state index in [-0.39, 0.29) is 23.7 Å². The largest absolute Gasteiger partial charge is 0.481 e. The molecule has 1 amide bonds. The Hall–Kier alpha value is -2.44. The van der Waals surface area contributed by atoms with Gasteiger partial charge in [-0.2, -0.15) is 0 Å². The predicted molar refractivity (Wildman–Crippen MR) is 69.4 cm³/mol. The fourth-order valence-electron chi connectivity index (χ4n) is 2.49. The predicted octanol–water partition coefficient (Wildman–Crippen LogP) is 1.67. The van der Waals surface area contributed by atoms with Gasteiger partial charge in [-0.25, -0.2) is 0 Å². The molecule has 20 heavy (non-hydrogen) atoms. The smallest absolute Gasteiger partial charge is 0.305 e. The van der Waals surface area contributed by atoms with Gasteiger partial charge in [0.1, 0.15) is 5.56 Å². The van der Waals surface area contributed by atoms with Gasteiger partial charge in [-0.1, -0.05) is 12.1 Å². The van der Waals surface area contributed by atoms with Crippen molar-refractivity contribution in [2.24, 2.45) is 0 Å². The number of carboxylic acids is 1. The van der Waals surface area contributed by atoms with Gasteiger partial charge in [0.05, 0.1) is 11.3 Å². The molecule has 1 unspecified atom stereocenters. The molecule has 1 heterocycles. The van der Waals surface area contributed by atoms with E-state index in [1.165, 1.54) is 23.1 Å². The number of rotatable bonds is 4. The second-order valence-electron chi connectivity index (χ2n) is 4.67. The molecule has 0 saturated carbocycles. The molecule has 1 aromatic rings. The second kappa shape index (κ2) is 5.68. The van der Waals surface area contributed by atoms with Gasteiger partial charge in [0.15, 0.2) is 0 Å². The van der Waals surface area contributed by atoms with Crippen LogP contribution in [0.15, 0.2) is 24.3 Å². The zero-order chi connectivity index (χ0) is 14.7. The molecule has 0 aromatic heterocycles. The number of para-hydroxylation sites is 1. The number of carbonyl (C=O) groups is 2. The highest BCUT2D eigenvalue weighted by Gasteiger charge is 2.33. The average molecular weight is 278 g/mol. The van der Waals surface area contributed by atoms with Crippen molar-refractivity contribution in [3.05, 3.63) is 39.9 Å². The van der Waals surface area contributed by atoms with Gasteiger partial charge in [-0.3, -0.25) is 19.7 Å². The number of amides is 1. The molecule has 0 spiro atoms. The zero-order valence-electron chi connectivity index (χ0n) is 10.7. The molecular weight excluding hydrogens is 264 g/mol. The van der Waals surface area contributed by atoms with E-state index in [9.17, 15) is 19.7 Å². The molecule has 1 fully saturated rings. The van der Waals surface area contributed by atoms with Gasteiger partial charge in [0, 0.05) is 18.7 Å². The van der Waals surface area contributed by atoms with Crippen molar-refractivity contribution in [1.82, 2.24) is 4.90 Å². The highest BCUT2D eigenvalue weighted by molar-refractivity contribution is 5.98. The van der Waals surface area contributed by atoms with Crippen LogP contribution in [-0.2, 0) is 4.79 Å². The first kappa shape index (κ1) is 14.0. The molecule has 106 valence electrons. The number of nitro benzene ring substituents is 1. The highest BCUT2D eigenvalue weighted by Crippen LogP contribution is 2.26. The number of carbonyl (C=O) groups excluding carboxylic acids is 1. The summed E-state index contributed by atoms with van der Waals surface area (Å²) in [4.78, 5) is 34.9. The van der Waals surface area contributed by atoms with E-state index < -0.39 is 16.8 Å². The summed E-state index contributed by atoms with van der Waals surface area (Å²) in [6.45, 7) is 0.433. The van der Waals surface area contributed by atoms with E-state index in [2.05, 4.69) is 0 Å². The molecular formula is C13H14N2O5. The van der Waals surface area contributed by atoms with Crippen LogP contribution in [0.25, 0.3) is 0 Å². The van der Waals surface area contributed by atoms with E-state index >= 15 is 0 Å². The summed E-state index contributed by atoms with van der Waals surface area (Å²) in [6, 6.07) is 5.34. The van der Waals surface area contributed by atoms with Crippen LogP contribution in [0.3, 0.4) is 0 Å². The molecule has 7 nitrogen and oxygen atoms in total. The van der Waals surface area contributed by atoms with Crippen LogP contribution in [0.1, 0.15) is 29.6 Å². The SMILES string of the molecule is O=C(O)CC1CCCN1C(=O)c1ccccc1[N+](=O)[O-]. The number of benzene rings is 1. The van der Waals surface area contributed by atoms with Crippen LogP contribution in [0.5, 0.6) is 0 Å². The van der Waals surface area contributed by atoms with E-state index in [0.29, 0.717) is 19.4 Å². The van der Waals surface area contributed by atoms with Gasteiger partial charge >= 0.3 is 5.97 Å². The Morgan fingerprint density at radius 1 is 1.40 bits per heavy atom. The van der Waals surface area contributed by atoms with Crippen LogP contribution >= 0.6 is 0 Å².